The zero-order valence-corrected chi connectivity index (χ0v) is 16.5. The first-order valence-electron chi connectivity index (χ1n) is 9.02. The molecule has 1 atom stereocenters. The fraction of sp³-hybridized carbons (Fsp3) is 0.286. The lowest BCUT2D eigenvalue weighted by Crippen LogP contribution is -2.25. The third kappa shape index (κ3) is 5.33. The molecule has 7 heteroatoms. The Hall–Kier alpha value is -2.86. The van der Waals surface area contributed by atoms with E-state index < -0.39 is 6.10 Å². The van der Waals surface area contributed by atoms with Crippen LogP contribution in [0.25, 0.3) is 11.0 Å². The zero-order chi connectivity index (χ0) is 19.9. The summed E-state index contributed by atoms with van der Waals surface area (Å²) in [5.41, 5.74) is 2.42. The normalized spacial score (nSPS) is 11.8. The van der Waals surface area contributed by atoms with E-state index in [0.29, 0.717) is 36.2 Å². The number of ether oxygens (including phenoxy) is 3. The monoisotopic (exact) mass is 400 g/mol. The number of rotatable bonds is 8. The Morgan fingerprint density at radius 2 is 1.86 bits per heavy atom. The lowest BCUT2D eigenvalue weighted by Gasteiger charge is -2.13. The highest BCUT2D eigenvalue weighted by atomic mass is 35.5. The molecule has 28 heavy (non-hydrogen) atoms. The molecule has 0 fully saturated rings. The molecule has 1 unspecified atom stereocenters. The fourth-order valence-electron chi connectivity index (χ4n) is 2.54. The van der Waals surface area contributed by atoms with Crippen molar-refractivity contribution in [3.63, 3.8) is 0 Å². The van der Waals surface area contributed by atoms with Crippen molar-refractivity contribution in [3.05, 3.63) is 59.4 Å². The van der Waals surface area contributed by atoms with Gasteiger partial charge < -0.3 is 14.2 Å². The van der Waals surface area contributed by atoms with Gasteiger partial charge >= 0.3 is 5.97 Å². The molecule has 0 bridgehead atoms. The number of aromatic nitrogens is 2. The molecule has 1 aromatic heterocycles. The van der Waals surface area contributed by atoms with Crippen LogP contribution in [-0.2, 0) is 16.0 Å². The molecule has 6 nitrogen and oxygen atoms in total. The van der Waals surface area contributed by atoms with Gasteiger partial charge in [0.05, 0.1) is 29.9 Å². The van der Waals surface area contributed by atoms with Crippen molar-refractivity contribution >= 4 is 28.6 Å². The van der Waals surface area contributed by atoms with Gasteiger partial charge in [-0.15, -0.1) is 0 Å². The van der Waals surface area contributed by atoms with Crippen LogP contribution in [0.5, 0.6) is 11.5 Å². The van der Waals surface area contributed by atoms with E-state index in [1.165, 1.54) is 0 Å². The average molecular weight is 401 g/mol. The van der Waals surface area contributed by atoms with E-state index in [1.54, 1.807) is 56.4 Å². The summed E-state index contributed by atoms with van der Waals surface area (Å²) >= 11 is 5.96. The molecule has 2 aromatic carbocycles. The van der Waals surface area contributed by atoms with Gasteiger partial charge in [-0.3, -0.25) is 4.98 Å². The van der Waals surface area contributed by atoms with Crippen molar-refractivity contribution in [2.45, 2.75) is 26.4 Å². The third-order valence-electron chi connectivity index (χ3n) is 3.94. The summed E-state index contributed by atoms with van der Waals surface area (Å²) in [6.07, 6.45) is 1.70. The van der Waals surface area contributed by atoms with E-state index in [4.69, 9.17) is 25.8 Å². The van der Waals surface area contributed by atoms with Crippen LogP contribution >= 0.6 is 11.6 Å². The number of carbonyl (C=O) groups excluding carboxylic acids is 1. The lowest BCUT2D eigenvalue weighted by molar-refractivity contribution is -0.150. The van der Waals surface area contributed by atoms with Crippen LogP contribution in [0.15, 0.2) is 48.7 Å². The Morgan fingerprint density at radius 1 is 1.11 bits per heavy atom. The predicted octanol–water partition coefficient (Wildman–Crippen LogP) is 4.24. The minimum Gasteiger partial charge on any atom is -0.493 e. The van der Waals surface area contributed by atoms with Crippen molar-refractivity contribution in [1.29, 1.82) is 0 Å². The molecular formula is C21H21ClN2O4. The van der Waals surface area contributed by atoms with E-state index in [2.05, 4.69) is 9.97 Å². The van der Waals surface area contributed by atoms with E-state index in [0.717, 1.165) is 16.7 Å². The molecule has 0 aliphatic rings. The quantitative estimate of drug-likeness (QED) is 0.527. The maximum Gasteiger partial charge on any atom is 0.347 e. The first kappa shape index (κ1) is 19.9. The number of benzene rings is 2. The summed E-state index contributed by atoms with van der Waals surface area (Å²) in [5, 5.41) is 0.641. The molecule has 0 spiro atoms. The van der Waals surface area contributed by atoms with Gasteiger partial charge in [0, 0.05) is 17.6 Å². The average Bonchev–Trinajstić information content (AvgIpc) is 2.69. The molecule has 0 saturated heterocycles. The van der Waals surface area contributed by atoms with Crippen LogP contribution in [0.3, 0.4) is 0 Å². The summed E-state index contributed by atoms with van der Waals surface area (Å²) < 4.78 is 16.2. The van der Waals surface area contributed by atoms with E-state index in [-0.39, 0.29) is 5.97 Å². The van der Waals surface area contributed by atoms with Crippen molar-refractivity contribution in [2.24, 2.45) is 0 Å². The topological polar surface area (TPSA) is 70.5 Å². The highest BCUT2D eigenvalue weighted by Gasteiger charge is 2.15. The van der Waals surface area contributed by atoms with Crippen LogP contribution in [0.1, 0.15) is 19.5 Å². The van der Waals surface area contributed by atoms with E-state index in [1.807, 2.05) is 6.07 Å². The number of halogens is 1. The number of fused-ring (bicyclic) bond motifs is 1. The smallest absolute Gasteiger partial charge is 0.347 e. The van der Waals surface area contributed by atoms with Gasteiger partial charge in [0.1, 0.15) is 11.5 Å². The summed E-state index contributed by atoms with van der Waals surface area (Å²) in [7, 11) is 0. The largest absolute Gasteiger partial charge is 0.493 e. The van der Waals surface area contributed by atoms with Crippen molar-refractivity contribution in [1.82, 2.24) is 9.97 Å². The third-order valence-corrected chi connectivity index (χ3v) is 4.17. The summed E-state index contributed by atoms with van der Waals surface area (Å²) in [6, 6.07) is 12.5. The highest BCUT2D eigenvalue weighted by molar-refractivity contribution is 6.31. The molecule has 0 radical (unpaired) electrons. The second kappa shape index (κ2) is 9.37. The molecule has 0 N–H and O–H groups in total. The van der Waals surface area contributed by atoms with Gasteiger partial charge in [0.25, 0.3) is 0 Å². The van der Waals surface area contributed by atoms with Gasteiger partial charge in [-0.25, -0.2) is 9.78 Å². The SMILES string of the molecule is CCOC(=O)C(C)Oc1ccc(OCCc2cnc3cc(Cl)ccc3n2)cc1. The van der Waals surface area contributed by atoms with Gasteiger partial charge in [-0.2, -0.15) is 0 Å². The molecule has 0 aliphatic heterocycles. The van der Waals surface area contributed by atoms with Crippen LogP contribution in [0.2, 0.25) is 5.02 Å². The maximum atomic E-state index is 11.6. The summed E-state index contributed by atoms with van der Waals surface area (Å²) in [4.78, 5) is 20.5. The minimum absolute atomic E-state index is 0.328. The first-order valence-corrected chi connectivity index (χ1v) is 9.40. The standard InChI is InChI=1S/C21H21ClN2O4/c1-3-26-21(25)14(2)28-18-7-5-17(6-8-18)27-11-10-16-13-23-20-12-15(22)4-9-19(20)24-16/h4-9,12-14H,3,10-11H2,1-2H3. The predicted molar refractivity (Wildman–Crippen MR) is 107 cm³/mol. The Bertz CT molecular complexity index is 947. The minimum atomic E-state index is -0.659. The van der Waals surface area contributed by atoms with Gasteiger partial charge in [0.15, 0.2) is 6.10 Å². The second-order valence-corrected chi connectivity index (χ2v) is 6.51. The van der Waals surface area contributed by atoms with Crippen LogP contribution in [-0.4, -0.2) is 35.3 Å². The molecule has 146 valence electrons. The van der Waals surface area contributed by atoms with Gasteiger partial charge in [-0.05, 0) is 56.3 Å². The Labute approximate surface area is 168 Å². The number of carbonyl (C=O) groups is 1. The molecule has 0 amide bonds. The maximum absolute atomic E-state index is 11.6. The molecule has 0 saturated carbocycles. The molecule has 1 heterocycles. The lowest BCUT2D eigenvalue weighted by atomic mass is 10.2. The summed E-state index contributed by atoms with van der Waals surface area (Å²) in [6.45, 7) is 4.21. The fourth-order valence-corrected chi connectivity index (χ4v) is 2.71. The Balaban J connectivity index is 1.51. The molecular weight excluding hydrogens is 380 g/mol. The number of hydrogen-bond acceptors (Lipinski definition) is 6. The highest BCUT2D eigenvalue weighted by Crippen LogP contribution is 2.20. The molecule has 3 aromatic rings. The molecule has 0 aliphatic carbocycles. The van der Waals surface area contributed by atoms with Crippen molar-refractivity contribution in [2.75, 3.05) is 13.2 Å². The van der Waals surface area contributed by atoms with Gasteiger partial charge in [-0.1, -0.05) is 11.6 Å². The van der Waals surface area contributed by atoms with E-state index in [9.17, 15) is 4.79 Å². The zero-order valence-electron chi connectivity index (χ0n) is 15.7. The molecule has 3 rings (SSSR count). The van der Waals surface area contributed by atoms with Crippen molar-refractivity contribution < 1.29 is 19.0 Å². The number of hydrogen-bond donors (Lipinski definition) is 0. The van der Waals surface area contributed by atoms with Crippen LogP contribution in [0.4, 0.5) is 0 Å². The number of nitrogens with zero attached hydrogens (tertiary/aromatic N) is 2. The van der Waals surface area contributed by atoms with Gasteiger partial charge in [0.2, 0.25) is 0 Å². The van der Waals surface area contributed by atoms with Crippen LogP contribution in [0, 0.1) is 0 Å². The van der Waals surface area contributed by atoms with Crippen molar-refractivity contribution in [3.8, 4) is 11.5 Å². The number of esters is 1. The first-order chi connectivity index (χ1) is 13.5. The van der Waals surface area contributed by atoms with Crippen LogP contribution < -0.4 is 9.47 Å². The van der Waals surface area contributed by atoms with E-state index >= 15 is 0 Å². The Kier molecular flexibility index (Phi) is 6.66. The second-order valence-electron chi connectivity index (χ2n) is 6.08. The summed E-state index contributed by atoms with van der Waals surface area (Å²) in [5.74, 6) is 0.894. The Morgan fingerprint density at radius 3 is 2.61 bits per heavy atom.